The Hall–Kier alpha value is -2.55. The highest BCUT2D eigenvalue weighted by Crippen LogP contribution is 2.23. The molecule has 3 aromatic rings. The lowest BCUT2D eigenvalue weighted by molar-refractivity contribution is 1.06. The highest BCUT2D eigenvalue weighted by atomic mass is 16.1. The minimum atomic E-state index is -0.0170. The Morgan fingerprint density at radius 1 is 1.10 bits per heavy atom. The van der Waals surface area contributed by atoms with E-state index in [4.69, 9.17) is 0 Å². The molecule has 0 fully saturated rings. The number of hydrogen-bond donors (Lipinski definition) is 1. The second-order valence-corrected chi connectivity index (χ2v) is 5.17. The van der Waals surface area contributed by atoms with Gasteiger partial charge in [0.1, 0.15) is 0 Å². The summed E-state index contributed by atoms with van der Waals surface area (Å²) in [6.45, 7) is 3.95. The third-order valence-electron chi connectivity index (χ3n) is 3.75. The van der Waals surface area contributed by atoms with Gasteiger partial charge in [0, 0.05) is 23.6 Å². The van der Waals surface area contributed by atoms with Crippen molar-refractivity contribution in [3.05, 3.63) is 76.3 Å². The standard InChI is InChI=1S/C18H18N2O/c1-3-14-12-13(2)18(21)19-17(14)15-6-8-16(9-7-15)20-10-4-5-11-20/h4-12H,3H2,1-2H3,(H,19,21). The molecule has 106 valence electrons. The van der Waals surface area contributed by atoms with Gasteiger partial charge in [0.25, 0.3) is 5.56 Å². The SMILES string of the molecule is CCc1cc(C)c(=O)[nH]c1-c1ccc(-n2cccc2)cc1. The topological polar surface area (TPSA) is 37.8 Å². The maximum absolute atomic E-state index is 11.9. The average Bonchev–Trinajstić information content (AvgIpc) is 3.04. The largest absolute Gasteiger partial charge is 0.324 e. The van der Waals surface area contributed by atoms with Crippen molar-refractivity contribution in [2.75, 3.05) is 0 Å². The summed E-state index contributed by atoms with van der Waals surface area (Å²) >= 11 is 0. The zero-order valence-electron chi connectivity index (χ0n) is 12.3. The first-order chi connectivity index (χ1) is 10.2. The first-order valence-corrected chi connectivity index (χ1v) is 7.15. The van der Waals surface area contributed by atoms with Gasteiger partial charge >= 0.3 is 0 Å². The monoisotopic (exact) mass is 278 g/mol. The Morgan fingerprint density at radius 3 is 2.38 bits per heavy atom. The number of pyridine rings is 1. The van der Waals surface area contributed by atoms with E-state index < -0.39 is 0 Å². The van der Waals surface area contributed by atoms with Crippen LogP contribution in [0, 0.1) is 6.92 Å². The minimum Gasteiger partial charge on any atom is -0.324 e. The number of nitrogens with zero attached hydrogens (tertiary/aromatic N) is 1. The number of nitrogens with one attached hydrogen (secondary N) is 1. The number of hydrogen-bond acceptors (Lipinski definition) is 1. The molecule has 3 rings (SSSR count). The van der Waals surface area contributed by atoms with Crippen molar-refractivity contribution in [1.29, 1.82) is 0 Å². The normalized spacial score (nSPS) is 10.8. The molecule has 0 saturated heterocycles. The molecule has 2 aromatic heterocycles. The van der Waals surface area contributed by atoms with Gasteiger partial charge in [-0.25, -0.2) is 0 Å². The summed E-state index contributed by atoms with van der Waals surface area (Å²) in [5.74, 6) is 0. The molecule has 0 saturated carbocycles. The van der Waals surface area contributed by atoms with Gasteiger partial charge in [-0.1, -0.05) is 19.1 Å². The predicted octanol–water partition coefficient (Wildman–Crippen LogP) is 3.70. The fraction of sp³-hybridized carbons (Fsp3) is 0.167. The zero-order chi connectivity index (χ0) is 14.8. The van der Waals surface area contributed by atoms with Gasteiger partial charge in [-0.05, 0) is 54.8 Å². The predicted molar refractivity (Wildman–Crippen MR) is 85.9 cm³/mol. The van der Waals surface area contributed by atoms with Crippen LogP contribution in [0.25, 0.3) is 16.9 Å². The summed E-state index contributed by atoms with van der Waals surface area (Å²) in [6, 6.07) is 14.2. The van der Waals surface area contributed by atoms with Crippen LogP contribution in [0.15, 0.2) is 59.7 Å². The second-order valence-electron chi connectivity index (χ2n) is 5.17. The second kappa shape index (κ2) is 5.44. The van der Waals surface area contributed by atoms with Crippen molar-refractivity contribution < 1.29 is 0 Å². The van der Waals surface area contributed by atoms with E-state index in [2.05, 4.69) is 40.7 Å². The molecule has 0 aliphatic carbocycles. The van der Waals surface area contributed by atoms with Crippen LogP contribution in [0.3, 0.4) is 0 Å². The lowest BCUT2D eigenvalue weighted by Crippen LogP contribution is -2.12. The van der Waals surface area contributed by atoms with E-state index in [9.17, 15) is 4.79 Å². The Bertz CT molecular complexity index is 796. The molecular formula is C18H18N2O. The van der Waals surface area contributed by atoms with Crippen molar-refractivity contribution in [2.45, 2.75) is 20.3 Å². The lowest BCUT2D eigenvalue weighted by Gasteiger charge is -2.10. The highest BCUT2D eigenvalue weighted by molar-refractivity contribution is 5.64. The van der Waals surface area contributed by atoms with E-state index in [1.54, 1.807) is 0 Å². The van der Waals surface area contributed by atoms with Crippen molar-refractivity contribution in [3.63, 3.8) is 0 Å². The fourth-order valence-corrected chi connectivity index (χ4v) is 2.53. The van der Waals surface area contributed by atoms with Crippen LogP contribution in [0.5, 0.6) is 0 Å². The molecule has 1 N–H and O–H groups in total. The maximum Gasteiger partial charge on any atom is 0.251 e. The summed E-state index contributed by atoms with van der Waals surface area (Å²) in [4.78, 5) is 14.9. The van der Waals surface area contributed by atoms with Crippen LogP contribution < -0.4 is 5.56 Å². The Balaban J connectivity index is 2.05. The Kier molecular flexibility index (Phi) is 3.48. The average molecular weight is 278 g/mol. The van der Waals surface area contributed by atoms with E-state index in [-0.39, 0.29) is 5.56 Å². The van der Waals surface area contributed by atoms with E-state index in [1.165, 1.54) is 5.56 Å². The third kappa shape index (κ3) is 2.55. The molecule has 0 unspecified atom stereocenters. The van der Waals surface area contributed by atoms with E-state index in [0.29, 0.717) is 0 Å². The van der Waals surface area contributed by atoms with Gasteiger partial charge < -0.3 is 9.55 Å². The lowest BCUT2D eigenvalue weighted by atomic mass is 10.0. The van der Waals surface area contributed by atoms with E-state index in [1.807, 2.05) is 37.5 Å². The van der Waals surface area contributed by atoms with Crippen molar-refractivity contribution >= 4 is 0 Å². The molecule has 0 spiro atoms. The number of rotatable bonds is 3. The molecule has 21 heavy (non-hydrogen) atoms. The maximum atomic E-state index is 11.9. The first-order valence-electron chi connectivity index (χ1n) is 7.15. The van der Waals surface area contributed by atoms with Crippen molar-refractivity contribution in [2.24, 2.45) is 0 Å². The Labute approximate surface area is 123 Å². The number of aromatic nitrogens is 2. The van der Waals surface area contributed by atoms with Gasteiger partial charge in [-0.15, -0.1) is 0 Å². The summed E-state index contributed by atoms with van der Waals surface area (Å²) in [6.07, 6.45) is 4.92. The zero-order valence-corrected chi connectivity index (χ0v) is 12.3. The summed E-state index contributed by atoms with van der Waals surface area (Å²) in [5.41, 5.74) is 4.99. The van der Waals surface area contributed by atoms with Gasteiger partial charge in [0.15, 0.2) is 0 Å². The van der Waals surface area contributed by atoms with Crippen molar-refractivity contribution in [3.8, 4) is 16.9 Å². The van der Waals surface area contributed by atoms with Gasteiger partial charge in [0.2, 0.25) is 0 Å². The molecule has 0 radical (unpaired) electrons. The van der Waals surface area contributed by atoms with Crippen LogP contribution in [0.1, 0.15) is 18.1 Å². The summed E-state index contributed by atoms with van der Waals surface area (Å²) in [7, 11) is 0. The van der Waals surface area contributed by atoms with Crippen molar-refractivity contribution in [1.82, 2.24) is 9.55 Å². The number of aromatic amines is 1. The summed E-state index contributed by atoms with van der Waals surface area (Å²) < 4.78 is 2.06. The minimum absolute atomic E-state index is 0.0170. The molecule has 0 bridgehead atoms. The molecule has 3 heteroatoms. The van der Waals surface area contributed by atoms with Gasteiger partial charge in [0.05, 0.1) is 5.69 Å². The highest BCUT2D eigenvalue weighted by Gasteiger charge is 2.07. The van der Waals surface area contributed by atoms with Crippen LogP contribution in [-0.4, -0.2) is 9.55 Å². The van der Waals surface area contributed by atoms with Gasteiger partial charge in [-0.2, -0.15) is 0 Å². The van der Waals surface area contributed by atoms with E-state index >= 15 is 0 Å². The van der Waals surface area contributed by atoms with Crippen LogP contribution in [-0.2, 0) is 6.42 Å². The van der Waals surface area contributed by atoms with Crippen LogP contribution in [0.4, 0.5) is 0 Å². The molecular weight excluding hydrogens is 260 g/mol. The fourth-order valence-electron chi connectivity index (χ4n) is 2.53. The van der Waals surface area contributed by atoms with Gasteiger partial charge in [-0.3, -0.25) is 4.79 Å². The molecule has 0 amide bonds. The molecule has 3 nitrogen and oxygen atoms in total. The van der Waals surface area contributed by atoms with Crippen LogP contribution >= 0.6 is 0 Å². The molecule has 0 aliphatic rings. The number of H-pyrrole nitrogens is 1. The Morgan fingerprint density at radius 2 is 1.76 bits per heavy atom. The number of benzene rings is 1. The molecule has 0 aliphatic heterocycles. The number of aryl methyl sites for hydroxylation is 2. The quantitative estimate of drug-likeness (QED) is 0.779. The van der Waals surface area contributed by atoms with E-state index in [0.717, 1.165) is 28.9 Å². The molecule has 0 atom stereocenters. The van der Waals surface area contributed by atoms with Crippen LogP contribution in [0.2, 0.25) is 0 Å². The third-order valence-corrected chi connectivity index (χ3v) is 3.75. The molecule has 2 heterocycles. The first kappa shape index (κ1) is 13.4. The smallest absolute Gasteiger partial charge is 0.251 e. The molecule has 1 aromatic carbocycles. The summed E-state index contributed by atoms with van der Waals surface area (Å²) in [5, 5.41) is 0.